The number of hydrogen-bond acceptors (Lipinski definition) is 6. The number of benzene rings is 2. The quantitative estimate of drug-likeness (QED) is 0.624. The first-order valence-corrected chi connectivity index (χ1v) is 8.83. The van der Waals surface area contributed by atoms with Crippen molar-refractivity contribution >= 4 is 5.95 Å². The van der Waals surface area contributed by atoms with Crippen molar-refractivity contribution < 1.29 is 14.2 Å². The van der Waals surface area contributed by atoms with Gasteiger partial charge >= 0.3 is 0 Å². The van der Waals surface area contributed by atoms with Crippen molar-refractivity contribution in [2.75, 3.05) is 33.2 Å². The van der Waals surface area contributed by atoms with Gasteiger partial charge in [0.05, 0.1) is 27.0 Å². The second kappa shape index (κ2) is 8.94. The largest absolute Gasteiger partial charge is 0.497 e. The van der Waals surface area contributed by atoms with Crippen molar-refractivity contribution in [1.82, 2.24) is 9.97 Å². The Hall–Kier alpha value is -3.48. The number of nitrogens with one attached hydrogen (secondary N) is 2. The third-order valence-electron chi connectivity index (χ3n) is 4.28. The molecule has 0 saturated heterocycles. The molecule has 7 heteroatoms. The summed E-state index contributed by atoms with van der Waals surface area (Å²) in [5.74, 6) is 2.56. The van der Waals surface area contributed by atoms with Crippen LogP contribution < -0.4 is 25.1 Å². The van der Waals surface area contributed by atoms with Crippen LogP contribution in [0.25, 0.3) is 11.3 Å². The summed E-state index contributed by atoms with van der Waals surface area (Å²) in [6, 6.07) is 14.7. The molecule has 0 amide bonds. The zero-order valence-corrected chi connectivity index (χ0v) is 16.1. The fraction of sp³-hybridized carbons (Fsp3) is 0.238. The molecule has 0 aliphatic heterocycles. The summed E-state index contributed by atoms with van der Waals surface area (Å²) in [5.41, 5.74) is 2.31. The summed E-state index contributed by atoms with van der Waals surface area (Å²) in [6.45, 7) is 0.602. The molecule has 2 N–H and O–H groups in total. The highest BCUT2D eigenvalue weighted by Crippen LogP contribution is 2.27. The molecule has 0 fully saturated rings. The fourth-order valence-electron chi connectivity index (χ4n) is 2.81. The molecule has 0 spiro atoms. The number of methoxy groups -OCH3 is 3. The van der Waals surface area contributed by atoms with Crippen LogP contribution in [-0.2, 0) is 6.42 Å². The van der Waals surface area contributed by atoms with Gasteiger partial charge in [0.25, 0.3) is 5.56 Å². The van der Waals surface area contributed by atoms with E-state index in [-0.39, 0.29) is 5.56 Å². The predicted octanol–water partition coefficient (Wildman–Crippen LogP) is 3.12. The predicted molar refractivity (Wildman–Crippen MR) is 109 cm³/mol. The van der Waals surface area contributed by atoms with Gasteiger partial charge in [-0.1, -0.05) is 6.07 Å². The Morgan fingerprint density at radius 2 is 1.68 bits per heavy atom. The van der Waals surface area contributed by atoms with Gasteiger partial charge in [-0.05, 0) is 48.4 Å². The second-order valence-electron chi connectivity index (χ2n) is 6.07. The highest BCUT2D eigenvalue weighted by atomic mass is 16.5. The maximum Gasteiger partial charge on any atom is 0.252 e. The number of rotatable bonds is 8. The van der Waals surface area contributed by atoms with Crippen molar-refractivity contribution in [2.24, 2.45) is 0 Å². The van der Waals surface area contributed by atoms with E-state index in [2.05, 4.69) is 15.3 Å². The molecule has 28 heavy (non-hydrogen) atoms. The van der Waals surface area contributed by atoms with Crippen molar-refractivity contribution in [3.8, 4) is 28.5 Å². The van der Waals surface area contributed by atoms with Gasteiger partial charge in [-0.2, -0.15) is 0 Å². The van der Waals surface area contributed by atoms with Crippen molar-refractivity contribution in [2.45, 2.75) is 6.42 Å². The Kier molecular flexibility index (Phi) is 6.16. The molecule has 1 aromatic heterocycles. The van der Waals surface area contributed by atoms with E-state index in [0.29, 0.717) is 29.7 Å². The molecule has 3 rings (SSSR count). The molecule has 0 radical (unpaired) electrons. The van der Waals surface area contributed by atoms with E-state index in [0.717, 1.165) is 23.3 Å². The van der Waals surface area contributed by atoms with Crippen LogP contribution in [0.5, 0.6) is 17.2 Å². The van der Waals surface area contributed by atoms with Gasteiger partial charge in [0.2, 0.25) is 5.95 Å². The standard InChI is InChI=1S/C21H23N3O4/c1-26-16-7-5-15(6-8-16)17-13-20(25)24-21(23-17)22-11-10-14-4-9-18(27-2)19(12-14)28-3/h4-9,12-13H,10-11H2,1-3H3,(H2,22,23,24,25). The Balaban J connectivity index is 1.69. The van der Waals surface area contributed by atoms with Gasteiger partial charge in [-0.15, -0.1) is 0 Å². The van der Waals surface area contributed by atoms with Gasteiger partial charge in [-0.25, -0.2) is 4.98 Å². The van der Waals surface area contributed by atoms with Crippen LogP contribution in [0.1, 0.15) is 5.56 Å². The fourth-order valence-corrected chi connectivity index (χ4v) is 2.81. The van der Waals surface area contributed by atoms with E-state index in [4.69, 9.17) is 14.2 Å². The van der Waals surface area contributed by atoms with Crippen LogP contribution in [0.4, 0.5) is 5.95 Å². The number of aromatic nitrogens is 2. The molecular weight excluding hydrogens is 358 g/mol. The zero-order valence-electron chi connectivity index (χ0n) is 16.1. The minimum absolute atomic E-state index is 0.213. The number of anilines is 1. The summed E-state index contributed by atoms with van der Waals surface area (Å²) < 4.78 is 15.7. The van der Waals surface area contributed by atoms with Crippen LogP contribution in [0.2, 0.25) is 0 Å². The summed E-state index contributed by atoms with van der Waals surface area (Å²) in [5, 5.41) is 3.17. The molecule has 0 aliphatic carbocycles. The molecule has 2 aromatic carbocycles. The Labute approximate surface area is 163 Å². The first-order valence-electron chi connectivity index (χ1n) is 8.83. The number of aromatic amines is 1. The van der Waals surface area contributed by atoms with E-state index in [1.54, 1.807) is 21.3 Å². The van der Waals surface area contributed by atoms with Crippen LogP contribution in [-0.4, -0.2) is 37.8 Å². The third kappa shape index (κ3) is 4.62. The minimum Gasteiger partial charge on any atom is -0.497 e. The van der Waals surface area contributed by atoms with Crippen molar-refractivity contribution in [1.29, 1.82) is 0 Å². The summed E-state index contributed by atoms with van der Waals surface area (Å²) in [4.78, 5) is 19.2. The van der Waals surface area contributed by atoms with Gasteiger partial charge in [0.1, 0.15) is 5.75 Å². The molecule has 1 heterocycles. The van der Waals surface area contributed by atoms with Crippen LogP contribution in [0.15, 0.2) is 53.3 Å². The number of hydrogen-bond donors (Lipinski definition) is 2. The van der Waals surface area contributed by atoms with E-state index < -0.39 is 0 Å². The normalized spacial score (nSPS) is 10.4. The first-order chi connectivity index (χ1) is 13.6. The van der Waals surface area contributed by atoms with Gasteiger partial charge in [0.15, 0.2) is 11.5 Å². The molecular formula is C21H23N3O4. The lowest BCUT2D eigenvalue weighted by molar-refractivity contribution is 0.354. The molecule has 0 atom stereocenters. The Morgan fingerprint density at radius 1 is 0.929 bits per heavy atom. The van der Waals surface area contributed by atoms with E-state index >= 15 is 0 Å². The minimum atomic E-state index is -0.213. The van der Waals surface area contributed by atoms with E-state index in [9.17, 15) is 4.79 Å². The van der Waals surface area contributed by atoms with Crippen molar-refractivity contribution in [3.63, 3.8) is 0 Å². The highest BCUT2D eigenvalue weighted by Gasteiger charge is 2.07. The van der Waals surface area contributed by atoms with E-state index in [1.165, 1.54) is 6.07 Å². The van der Waals surface area contributed by atoms with Gasteiger partial charge in [-0.3, -0.25) is 9.78 Å². The smallest absolute Gasteiger partial charge is 0.252 e. The number of ether oxygens (including phenoxy) is 3. The molecule has 146 valence electrons. The lowest BCUT2D eigenvalue weighted by Gasteiger charge is -2.10. The number of nitrogens with zero attached hydrogens (tertiary/aromatic N) is 1. The maximum atomic E-state index is 12.0. The molecule has 3 aromatic rings. The highest BCUT2D eigenvalue weighted by molar-refractivity contribution is 5.61. The SMILES string of the molecule is COc1ccc(-c2cc(=O)[nH]c(NCCc3ccc(OC)c(OC)c3)n2)cc1. The summed E-state index contributed by atoms with van der Waals surface area (Å²) in [6.07, 6.45) is 0.733. The second-order valence-corrected chi connectivity index (χ2v) is 6.07. The van der Waals surface area contributed by atoms with Gasteiger partial charge < -0.3 is 19.5 Å². The maximum absolute atomic E-state index is 12.0. The van der Waals surface area contributed by atoms with Gasteiger partial charge in [0, 0.05) is 18.2 Å². The third-order valence-corrected chi connectivity index (χ3v) is 4.28. The Morgan fingerprint density at radius 3 is 2.36 bits per heavy atom. The topological polar surface area (TPSA) is 85.5 Å². The summed E-state index contributed by atoms with van der Waals surface area (Å²) in [7, 11) is 4.83. The summed E-state index contributed by atoms with van der Waals surface area (Å²) >= 11 is 0. The average molecular weight is 381 g/mol. The molecule has 0 unspecified atom stereocenters. The monoisotopic (exact) mass is 381 g/mol. The molecule has 0 saturated carbocycles. The average Bonchev–Trinajstić information content (AvgIpc) is 2.73. The van der Waals surface area contributed by atoms with Crippen LogP contribution >= 0.6 is 0 Å². The van der Waals surface area contributed by atoms with E-state index in [1.807, 2.05) is 42.5 Å². The molecule has 7 nitrogen and oxygen atoms in total. The van der Waals surface area contributed by atoms with Crippen LogP contribution in [0, 0.1) is 0 Å². The number of H-pyrrole nitrogens is 1. The zero-order chi connectivity index (χ0) is 19.9. The molecule has 0 bridgehead atoms. The molecule has 0 aliphatic rings. The lowest BCUT2D eigenvalue weighted by atomic mass is 10.1. The lowest BCUT2D eigenvalue weighted by Crippen LogP contribution is -2.14. The first kappa shape index (κ1) is 19.3. The van der Waals surface area contributed by atoms with Crippen molar-refractivity contribution in [3.05, 3.63) is 64.4 Å². The Bertz CT molecular complexity index is 984. The van der Waals surface area contributed by atoms with Crippen LogP contribution in [0.3, 0.4) is 0 Å².